The minimum Gasteiger partial charge on any atom is -0.454 e. The Bertz CT molecular complexity index is 1520. The molecule has 0 radical (unpaired) electrons. The maximum absolute atomic E-state index is 13.7. The van der Waals surface area contributed by atoms with Gasteiger partial charge in [0.2, 0.25) is 0 Å². The quantitative estimate of drug-likeness (QED) is 0.323. The second-order valence-corrected chi connectivity index (χ2v) is 9.66. The van der Waals surface area contributed by atoms with Gasteiger partial charge in [0.05, 0.1) is 28.4 Å². The number of carbonyl (C=O) groups is 3. The third kappa shape index (κ3) is 6.86. The van der Waals surface area contributed by atoms with Crippen LogP contribution in [0.25, 0.3) is 0 Å². The van der Waals surface area contributed by atoms with Crippen molar-refractivity contribution < 1.29 is 28.2 Å². The molecule has 1 atom stereocenters. The fourth-order valence-electron chi connectivity index (χ4n) is 4.18. The number of ether oxygens (including phenoxy) is 2. The van der Waals surface area contributed by atoms with E-state index in [1.54, 1.807) is 43.3 Å². The van der Waals surface area contributed by atoms with Crippen LogP contribution in [-0.2, 0) is 16.0 Å². The minimum atomic E-state index is -1.39. The second-order valence-electron chi connectivity index (χ2n) is 8.84. The summed E-state index contributed by atoms with van der Waals surface area (Å²) in [6, 6.07) is 14.2. The summed E-state index contributed by atoms with van der Waals surface area (Å²) in [6.45, 7) is 2.01. The van der Waals surface area contributed by atoms with Crippen LogP contribution in [0.15, 0.2) is 54.6 Å². The van der Waals surface area contributed by atoms with Gasteiger partial charge in [-0.2, -0.15) is 5.26 Å². The van der Waals surface area contributed by atoms with E-state index < -0.39 is 23.9 Å². The van der Waals surface area contributed by atoms with Crippen molar-refractivity contribution in [3.8, 4) is 17.6 Å². The monoisotopic (exact) mass is 599 g/mol. The predicted octanol–water partition coefficient (Wildman–Crippen LogP) is 5.55. The Labute approximate surface area is 245 Å². The summed E-state index contributed by atoms with van der Waals surface area (Å²) in [5.41, 5.74) is 4.89. The van der Waals surface area contributed by atoms with Crippen LogP contribution in [0.1, 0.15) is 22.8 Å². The molecule has 0 aliphatic carbocycles. The molecular formula is C28H24Cl2FN5O5. The van der Waals surface area contributed by atoms with Crippen molar-refractivity contribution in [1.82, 2.24) is 10.3 Å². The van der Waals surface area contributed by atoms with Crippen LogP contribution in [0.4, 0.5) is 20.6 Å². The lowest BCUT2D eigenvalue weighted by atomic mass is 9.98. The SMILES string of the molecule is CCOC(=O)NC(=O)C(C#N)N(C)Nc1cc(Cl)c(Oc2ccc3c(c2)CCN(c2cccc(F)c2)C3=O)c(Cl)c1. The number of benzene rings is 3. The van der Waals surface area contributed by atoms with Gasteiger partial charge in [-0.05, 0) is 67.4 Å². The number of hydrogen-bond donors (Lipinski definition) is 2. The van der Waals surface area contributed by atoms with E-state index in [1.165, 1.54) is 41.2 Å². The molecular weight excluding hydrogens is 576 g/mol. The first-order valence-electron chi connectivity index (χ1n) is 12.3. The average Bonchev–Trinajstić information content (AvgIpc) is 2.91. The standard InChI is InChI=1S/C28H24Cl2FN5O5/c1-3-40-28(39)33-26(37)24(15-32)35(2)34-18-13-22(29)25(23(30)14-18)41-20-7-8-21-16(11-20)9-10-36(27(21)38)19-6-4-5-17(31)12-19/h4-8,11-14,24,34H,3,9-10H2,1-2H3,(H,33,37,39). The van der Waals surface area contributed by atoms with Gasteiger partial charge in [0, 0.05) is 24.8 Å². The van der Waals surface area contributed by atoms with Gasteiger partial charge >= 0.3 is 6.09 Å². The molecule has 41 heavy (non-hydrogen) atoms. The van der Waals surface area contributed by atoms with Crippen molar-refractivity contribution >= 4 is 52.5 Å². The number of rotatable bonds is 8. The number of imide groups is 1. The Balaban J connectivity index is 1.46. The van der Waals surface area contributed by atoms with Crippen molar-refractivity contribution in [2.24, 2.45) is 0 Å². The molecule has 3 aromatic rings. The number of nitrogens with zero attached hydrogens (tertiary/aromatic N) is 3. The van der Waals surface area contributed by atoms with Gasteiger partial charge in [0.15, 0.2) is 11.8 Å². The van der Waals surface area contributed by atoms with Crippen molar-refractivity contribution in [3.05, 3.63) is 81.6 Å². The number of nitriles is 1. The van der Waals surface area contributed by atoms with Gasteiger partial charge < -0.3 is 19.8 Å². The molecule has 0 saturated carbocycles. The van der Waals surface area contributed by atoms with Gasteiger partial charge in [-0.1, -0.05) is 29.3 Å². The molecule has 0 saturated heterocycles. The molecule has 1 aliphatic rings. The van der Waals surface area contributed by atoms with E-state index in [9.17, 15) is 24.0 Å². The number of likely N-dealkylation sites (N-methyl/N-ethyl adjacent to an activating group) is 1. The van der Waals surface area contributed by atoms with Gasteiger partial charge in [0.1, 0.15) is 11.6 Å². The zero-order chi connectivity index (χ0) is 29.7. The maximum Gasteiger partial charge on any atom is 0.413 e. The molecule has 3 amide bonds. The zero-order valence-corrected chi connectivity index (χ0v) is 23.4. The number of nitrogens with one attached hydrogen (secondary N) is 2. The molecule has 0 fully saturated rings. The lowest BCUT2D eigenvalue weighted by Crippen LogP contribution is -2.48. The largest absolute Gasteiger partial charge is 0.454 e. The van der Waals surface area contributed by atoms with E-state index >= 15 is 0 Å². The molecule has 0 aromatic heterocycles. The second kappa shape index (κ2) is 12.9. The Kier molecular flexibility index (Phi) is 9.29. The Hall–Kier alpha value is -4.37. The third-order valence-electron chi connectivity index (χ3n) is 6.06. The van der Waals surface area contributed by atoms with E-state index in [2.05, 4.69) is 10.2 Å². The number of hydrogen-bond acceptors (Lipinski definition) is 8. The normalized spacial score (nSPS) is 13.2. The van der Waals surface area contributed by atoms with E-state index in [1.807, 2.05) is 5.32 Å². The van der Waals surface area contributed by atoms with Crippen molar-refractivity contribution in [3.63, 3.8) is 0 Å². The van der Waals surface area contributed by atoms with Crippen molar-refractivity contribution in [2.45, 2.75) is 19.4 Å². The van der Waals surface area contributed by atoms with Crippen LogP contribution in [0.2, 0.25) is 10.0 Å². The molecule has 1 heterocycles. The van der Waals surface area contributed by atoms with Gasteiger partial charge in [-0.25, -0.2) is 14.2 Å². The van der Waals surface area contributed by atoms with Crippen LogP contribution in [0.5, 0.6) is 11.5 Å². The van der Waals surface area contributed by atoms with Crippen molar-refractivity contribution in [2.75, 3.05) is 30.5 Å². The lowest BCUT2D eigenvalue weighted by molar-refractivity contribution is -0.123. The molecule has 1 aliphatic heterocycles. The van der Waals surface area contributed by atoms with E-state index in [0.717, 1.165) is 5.56 Å². The van der Waals surface area contributed by atoms with Crippen LogP contribution in [-0.4, -0.2) is 49.2 Å². The summed E-state index contributed by atoms with van der Waals surface area (Å²) in [5, 5.41) is 12.8. The van der Waals surface area contributed by atoms with Crippen LogP contribution in [0.3, 0.4) is 0 Å². The molecule has 10 nitrogen and oxygen atoms in total. The molecule has 0 bridgehead atoms. The van der Waals surface area contributed by atoms with Gasteiger partial charge in [-0.15, -0.1) is 0 Å². The highest BCUT2D eigenvalue weighted by Crippen LogP contribution is 2.40. The highest BCUT2D eigenvalue weighted by molar-refractivity contribution is 6.37. The summed E-state index contributed by atoms with van der Waals surface area (Å²) in [4.78, 5) is 38.4. The number of alkyl carbamates (subject to hydrolysis) is 1. The van der Waals surface area contributed by atoms with Crippen LogP contribution in [0, 0.1) is 17.1 Å². The average molecular weight is 600 g/mol. The smallest absolute Gasteiger partial charge is 0.413 e. The van der Waals surface area contributed by atoms with E-state index in [4.69, 9.17) is 27.9 Å². The Morgan fingerprint density at radius 2 is 1.90 bits per heavy atom. The summed E-state index contributed by atoms with van der Waals surface area (Å²) in [6.07, 6.45) is -0.441. The molecule has 4 rings (SSSR count). The number of anilines is 2. The summed E-state index contributed by atoms with van der Waals surface area (Å²) in [7, 11) is 1.43. The molecule has 212 valence electrons. The first-order valence-corrected chi connectivity index (χ1v) is 13.1. The first-order chi connectivity index (χ1) is 19.6. The van der Waals surface area contributed by atoms with Gasteiger partial charge in [0.25, 0.3) is 11.8 Å². The summed E-state index contributed by atoms with van der Waals surface area (Å²) in [5.74, 6) is -0.996. The third-order valence-corrected chi connectivity index (χ3v) is 6.62. The number of amides is 3. The zero-order valence-electron chi connectivity index (χ0n) is 21.9. The first kappa shape index (κ1) is 29.6. The molecule has 3 aromatic carbocycles. The Morgan fingerprint density at radius 3 is 2.56 bits per heavy atom. The topological polar surface area (TPSA) is 124 Å². The molecule has 1 unspecified atom stereocenters. The van der Waals surface area contributed by atoms with Gasteiger partial charge in [-0.3, -0.25) is 14.9 Å². The number of hydrazine groups is 1. The predicted molar refractivity (Wildman–Crippen MR) is 151 cm³/mol. The summed E-state index contributed by atoms with van der Waals surface area (Å²) >= 11 is 12.9. The molecule has 13 heteroatoms. The number of carbonyl (C=O) groups excluding carboxylic acids is 3. The highest BCUT2D eigenvalue weighted by atomic mass is 35.5. The van der Waals surface area contributed by atoms with E-state index in [-0.39, 0.29) is 28.3 Å². The number of fused-ring (bicyclic) bond motifs is 1. The minimum absolute atomic E-state index is 0.0641. The van der Waals surface area contributed by atoms with Crippen LogP contribution >= 0.6 is 23.2 Å². The van der Waals surface area contributed by atoms with E-state index in [0.29, 0.717) is 35.7 Å². The number of halogens is 3. The Morgan fingerprint density at radius 1 is 1.17 bits per heavy atom. The fraction of sp³-hybridized carbons (Fsp3) is 0.214. The maximum atomic E-state index is 13.7. The van der Waals surface area contributed by atoms with Crippen LogP contribution < -0.4 is 20.4 Å². The molecule has 2 N–H and O–H groups in total. The molecule has 0 spiro atoms. The lowest BCUT2D eigenvalue weighted by Gasteiger charge is -2.29. The summed E-state index contributed by atoms with van der Waals surface area (Å²) < 4.78 is 24.3. The highest BCUT2D eigenvalue weighted by Gasteiger charge is 2.27. The van der Waals surface area contributed by atoms with Crippen molar-refractivity contribution in [1.29, 1.82) is 5.26 Å². The fourth-order valence-corrected chi connectivity index (χ4v) is 4.75.